The molecule has 0 fully saturated rings. The van der Waals surface area contributed by atoms with Gasteiger partial charge in [-0.15, -0.1) is 0 Å². The predicted molar refractivity (Wildman–Crippen MR) is 172 cm³/mol. The molecule has 6 heteroatoms. The molecule has 0 saturated carbocycles. The normalized spacial score (nSPS) is 11.9. The summed E-state index contributed by atoms with van der Waals surface area (Å²) in [5.74, 6) is 1.06. The van der Waals surface area contributed by atoms with Crippen molar-refractivity contribution in [3.05, 3.63) is 127 Å². The van der Waals surface area contributed by atoms with Gasteiger partial charge in [0.25, 0.3) is 0 Å². The Bertz CT molecular complexity index is 1950. The molecule has 182 valence electrons. The lowest BCUT2D eigenvalue weighted by molar-refractivity contribution is 0.939. The summed E-state index contributed by atoms with van der Waals surface area (Å²) in [6.07, 6.45) is 3.73. The SMILES string of the molecule is BC(B)(B)c1nc2ccccc2n1-c1c2ccccc2c(-c2ccccc2-c2ccncc2)c2ccccc12. The third-order valence-electron chi connectivity index (χ3n) is 7.55. The largest absolute Gasteiger partial charge is 0.296 e. The van der Waals surface area contributed by atoms with Crippen molar-refractivity contribution in [3.63, 3.8) is 0 Å². The first kappa shape index (κ1) is 23.5. The second-order valence-electron chi connectivity index (χ2n) is 11.1. The zero-order chi connectivity index (χ0) is 26.6. The van der Waals surface area contributed by atoms with Crippen LogP contribution >= 0.6 is 0 Å². The van der Waals surface area contributed by atoms with Crippen LogP contribution in [-0.4, -0.2) is 38.1 Å². The summed E-state index contributed by atoms with van der Waals surface area (Å²) >= 11 is 0. The predicted octanol–water partition coefficient (Wildman–Crippen LogP) is 5.07. The zero-order valence-corrected chi connectivity index (χ0v) is 22.4. The van der Waals surface area contributed by atoms with Crippen LogP contribution in [0.25, 0.3) is 60.5 Å². The van der Waals surface area contributed by atoms with Gasteiger partial charge >= 0.3 is 0 Å². The summed E-state index contributed by atoms with van der Waals surface area (Å²) in [5, 5.41) is 4.73. The maximum absolute atomic E-state index is 5.17. The highest BCUT2D eigenvalue weighted by molar-refractivity contribution is 6.58. The maximum Gasteiger partial charge on any atom is 0.0994 e. The molecule has 7 rings (SSSR count). The molecule has 0 aliphatic rings. The number of hydrogen-bond donors (Lipinski definition) is 0. The smallest absolute Gasteiger partial charge is 0.0994 e. The van der Waals surface area contributed by atoms with Crippen LogP contribution in [0.2, 0.25) is 0 Å². The van der Waals surface area contributed by atoms with Crippen molar-refractivity contribution in [1.82, 2.24) is 14.5 Å². The molecule has 3 nitrogen and oxygen atoms in total. The van der Waals surface area contributed by atoms with E-state index in [0.717, 1.165) is 22.4 Å². The molecule has 0 atom stereocenters. The molecule has 0 saturated heterocycles. The van der Waals surface area contributed by atoms with Gasteiger partial charge in [-0.3, -0.25) is 9.55 Å². The Hall–Kier alpha value is -4.57. The van der Waals surface area contributed by atoms with Crippen LogP contribution < -0.4 is 0 Å². The summed E-state index contributed by atoms with van der Waals surface area (Å²) < 4.78 is 2.40. The molecule has 0 unspecified atom stereocenters. The van der Waals surface area contributed by atoms with Crippen LogP contribution in [0.1, 0.15) is 5.82 Å². The average molecular weight is 497 g/mol. The minimum Gasteiger partial charge on any atom is -0.296 e. The highest BCUT2D eigenvalue weighted by Crippen LogP contribution is 2.45. The van der Waals surface area contributed by atoms with Crippen molar-refractivity contribution in [2.24, 2.45) is 0 Å². The number of aromatic nitrogens is 3. The summed E-state index contributed by atoms with van der Waals surface area (Å²) in [4.78, 5) is 9.42. The molecule has 39 heavy (non-hydrogen) atoms. The van der Waals surface area contributed by atoms with Gasteiger partial charge in [-0.05, 0) is 57.3 Å². The fourth-order valence-corrected chi connectivity index (χ4v) is 5.88. The fourth-order valence-electron chi connectivity index (χ4n) is 5.88. The number of hydrogen-bond acceptors (Lipinski definition) is 2. The second-order valence-corrected chi connectivity index (χ2v) is 11.1. The molecule has 0 N–H and O–H groups in total. The summed E-state index contributed by atoms with van der Waals surface area (Å²) in [7, 11) is 6.73. The Morgan fingerprint density at radius 2 is 1.10 bits per heavy atom. The van der Waals surface area contributed by atoms with E-state index in [1.165, 1.54) is 43.9 Å². The van der Waals surface area contributed by atoms with Gasteiger partial charge in [0.15, 0.2) is 0 Å². The lowest BCUT2D eigenvalue weighted by atomic mass is 9.42. The van der Waals surface area contributed by atoms with Crippen LogP contribution in [0.5, 0.6) is 0 Å². The van der Waals surface area contributed by atoms with Gasteiger partial charge in [0, 0.05) is 23.2 Å². The third kappa shape index (κ3) is 3.78. The quantitative estimate of drug-likeness (QED) is 0.251. The van der Waals surface area contributed by atoms with E-state index >= 15 is 0 Å². The standard InChI is InChI=1S/C33H26B3N3/c34-33(35,36)32-38-28-15-7-8-16-29(28)39(32)31-26-13-5-3-11-24(26)30(25-12-4-6-14-27(25)31)23-10-2-1-9-22(23)21-17-19-37-20-18-21/h1-20H,34-36H2. The van der Waals surface area contributed by atoms with E-state index in [1.54, 1.807) is 0 Å². The highest BCUT2D eigenvalue weighted by Gasteiger charge is 2.27. The van der Waals surface area contributed by atoms with E-state index in [0.29, 0.717) is 0 Å². The van der Waals surface area contributed by atoms with Crippen molar-refractivity contribution in [2.45, 2.75) is 5.11 Å². The molecule has 0 aliphatic carbocycles. The minimum absolute atomic E-state index is 0.145. The van der Waals surface area contributed by atoms with Crippen LogP contribution in [0, 0.1) is 0 Å². The van der Waals surface area contributed by atoms with Crippen LogP contribution in [0.15, 0.2) is 122 Å². The van der Waals surface area contributed by atoms with Crippen LogP contribution in [0.3, 0.4) is 0 Å². The van der Waals surface area contributed by atoms with E-state index < -0.39 is 0 Å². The first-order valence-corrected chi connectivity index (χ1v) is 13.4. The van der Waals surface area contributed by atoms with Crippen molar-refractivity contribution >= 4 is 56.1 Å². The lowest BCUT2D eigenvalue weighted by Crippen LogP contribution is -2.31. The Balaban J connectivity index is 1.67. The molecule has 0 bridgehead atoms. The molecule has 0 amide bonds. The van der Waals surface area contributed by atoms with Crippen LogP contribution in [0.4, 0.5) is 0 Å². The molecule has 2 heterocycles. The van der Waals surface area contributed by atoms with E-state index in [-0.39, 0.29) is 5.11 Å². The van der Waals surface area contributed by atoms with Gasteiger partial charge in [-0.1, -0.05) is 90.0 Å². The molecule has 0 aliphatic heterocycles. The minimum atomic E-state index is -0.145. The van der Waals surface area contributed by atoms with Gasteiger partial charge in [-0.25, -0.2) is 4.98 Å². The zero-order valence-electron chi connectivity index (χ0n) is 22.4. The van der Waals surface area contributed by atoms with Crippen molar-refractivity contribution in [3.8, 4) is 27.9 Å². The monoisotopic (exact) mass is 497 g/mol. The van der Waals surface area contributed by atoms with Crippen molar-refractivity contribution in [2.75, 3.05) is 0 Å². The van der Waals surface area contributed by atoms with Gasteiger partial charge < -0.3 is 0 Å². The number of fused-ring (bicyclic) bond motifs is 3. The van der Waals surface area contributed by atoms with E-state index in [1.807, 2.05) is 12.4 Å². The van der Waals surface area contributed by atoms with Crippen molar-refractivity contribution in [1.29, 1.82) is 0 Å². The molecule has 0 spiro atoms. The summed E-state index contributed by atoms with van der Waals surface area (Å²) in [6, 6.07) is 39.0. The van der Waals surface area contributed by atoms with Crippen molar-refractivity contribution < 1.29 is 0 Å². The van der Waals surface area contributed by atoms with E-state index in [4.69, 9.17) is 4.98 Å². The van der Waals surface area contributed by atoms with Gasteiger partial charge in [-0.2, -0.15) is 0 Å². The highest BCUT2D eigenvalue weighted by atomic mass is 15.1. The molecular weight excluding hydrogens is 471 g/mol. The molecular formula is C33H26B3N3. The van der Waals surface area contributed by atoms with Gasteiger partial charge in [0.2, 0.25) is 0 Å². The molecule has 7 aromatic rings. The third-order valence-corrected chi connectivity index (χ3v) is 7.55. The Morgan fingerprint density at radius 1 is 0.564 bits per heavy atom. The number of imidazole rings is 1. The Kier molecular flexibility index (Phi) is 5.45. The molecule has 0 radical (unpaired) electrons. The number of para-hydroxylation sites is 2. The molecule has 2 aromatic heterocycles. The average Bonchev–Trinajstić information content (AvgIpc) is 3.36. The number of pyridine rings is 1. The molecule has 5 aromatic carbocycles. The summed E-state index contributed by atoms with van der Waals surface area (Å²) in [5.41, 5.74) is 8.16. The van der Waals surface area contributed by atoms with Crippen LogP contribution in [-0.2, 0) is 5.11 Å². The van der Waals surface area contributed by atoms with E-state index in [9.17, 15) is 0 Å². The van der Waals surface area contributed by atoms with Gasteiger partial charge in [0.1, 0.15) is 0 Å². The first-order chi connectivity index (χ1) is 19.0. The second kappa shape index (κ2) is 9.02. The topological polar surface area (TPSA) is 30.7 Å². The fraction of sp³-hybridized carbons (Fsp3) is 0.0303. The number of benzene rings is 5. The first-order valence-electron chi connectivity index (χ1n) is 13.4. The van der Waals surface area contributed by atoms with E-state index in [2.05, 4.69) is 142 Å². The summed E-state index contributed by atoms with van der Waals surface area (Å²) in [6.45, 7) is 0. The number of rotatable bonds is 4. The van der Waals surface area contributed by atoms with Gasteiger partial charge in [0.05, 0.1) is 46.1 Å². The Labute approximate surface area is 230 Å². The number of nitrogens with zero attached hydrogens (tertiary/aromatic N) is 3. The maximum atomic E-state index is 5.17. The Morgan fingerprint density at radius 3 is 1.74 bits per heavy atom. The lowest BCUT2D eigenvalue weighted by Gasteiger charge is -2.24.